The maximum absolute atomic E-state index is 11.4. The van der Waals surface area contributed by atoms with Crippen LogP contribution in [-0.4, -0.2) is 29.1 Å². The number of imide groups is 1. The van der Waals surface area contributed by atoms with Crippen LogP contribution in [0.15, 0.2) is 30.5 Å². The lowest BCUT2D eigenvalue weighted by atomic mass is 10.1. The van der Waals surface area contributed by atoms with E-state index in [1.165, 1.54) is 5.94 Å². The first-order valence-corrected chi connectivity index (χ1v) is 6.61. The van der Waals surface area contributed by atoms with Gasteiger partial charge in [0.25, 0.3) is 5.24 Å². The van der Waals surface area contributed by atoms with E-state index in [-0.39, 0.29) is 23.2 Å². The molecule has 0 radical (unpaired) electrons. The Kier molecular flexibility index (Phi) is 4.81. The van der Waals surface area contributed by atoms with Crippen molar-refractivity contribution in [1.29, 1.82) is 0 Å². The van der Waals surface area contributed by atoms with E-state index in [9.17, 15) is 14.4 Å². The Hall–Kier alpha value is -2.24. The third kappa shape index (κ3) is 3.88. The molecular formula is C13H11NO5S. The van der Waals surface area contributed by atoms with Crippen LogP contribution in [0.4, 0.5) is 4.79 Å². The zero-order valence-electron chi connectivity index (χ0n) is 10.3. The van der Waals surface area contributed by atoms with Crippen molar-refractivity contribution in [2.24, 2.45) is 0 Å². The Balaban J connectivity index is 1.86. The Bertz CT molecular complexity index is 550. The summed E-state index contributed by atoms with van der Waals surface area (Å²) in [5.41, 5.74) is 0.924. The normalized spacial score (nSPS) is 17.3. The van der Waals surface area contributed by atoms with Crippen molar-refractivity contribution < 1.29 is 23.9 Å². The second-order valence-corrected chi connectivity index (χ2v) is 5.07. The van der Waals surface area contributed by atoms with Crippen LogP contribution >= 0.6 is 11.8 Å². The van der Waals surface area contributed by atoms with Gasteiger partial charge in [-0.15, -0.1) is 0 Å². The standard InChI is InChI=1S/C13H11NO5S/c15-5-6-18-8-19-10-3-1-9(2-4-10)7-11-12(16)14-13(17)20-11/h1-4,6,11H,7-8H2,(H,14,16,17). The lowest BCUT2D eigenvalue weighted by Crippen LogP contribution is -2.25. The molecule has 1 aromatic rings. The van der Waals surface area contributed by atoms with Crippen molar-refractivity contribution in [2.75, 3.05) is 6.79 Å². The van der Waals surface area contributed by atoms with E-state index in [0.717, 1.165) is 23.6 Å². The van der Waals surface area contributed by atoms with Crippen LogP contribution in [0.5, 0.6) is 5.75 Å². The molecule has 1 fully saturated rings. The number of hydrogen-bond donors (Lipinski definition) is 1. The minimum Gasteiger partial charge on any atom is -0.457 e. The number of carbonyl (C=O) groups is 2. The number of carbonyl (C=O) groups excluding carboxylic acids is 3. The Morgan fingerprint density at radius 1 is 1.30 bits per heavy atom. The molecule has 0 aliphatic carbocycles. The number of hydrogen-bond acceptors (Lipinski definition) is 6. The minimum atomic E-state index is -0.379. The summed E-state index contributed by atoms with van der Waals surface area (Å²) in [7, 11) is 0. The van der Waals surface area contributed by atoms with Crippen LogP contribution in [0.25, 0.3) is 0 Å². The third-order valence-corrected chi connectivity index (χ3v) is 3.52. The number of benzene rings is 1. The highest BCUT2D eigenvalue weighted by molar-refractivity contribution is 8.15. The fourth-order valence-corrected chi connectivity index (χ4v) is 2.49. The highest BCUT2D eigenvalue weighted by Crippen LogP contribution is 2.23. The first-order valence-electron chi connectivity index (χ1n) is 5.73. The topological polar surface area (TPSA) is 81.7 Å². The maximum Gasteiger partial charge on any atom is 0.286 e. The average molecular weight is 293 g/mol. The lowest BCUT2D eigenvalue weighted by molar-refractivity contribution is -0.118. The van der Waals surface area contributed by atoms with Crippen LogP contribution in [0, 0.1) is 0 Å². The summed E-state index contributed by atoms with van der Waals surface area (Å²) in [5, 5.41) is 1.56. The van der Waals surface area contributed by atoms with Crippen LogP contribution in [-0.2, 0) is 20.7 Å². The van der Waals surface area contributed by atoms with Gasteiger partial charge in [-0.05, 0) is 24.1 Å². The molecule has 1 aliphatic rings. The molecule has 0 aromatic heterocycles. The highest BCUT2D eigenvalue weighted by atomic mass is 32.2. The molecule has 0 spiro atoms. The van der Waals surface area contributed by atoms with Gasteiger partial charge in [0.1, 0.15) is 5.75 Å². The molecule has 6 nitrogen and oxygen atoms in total. The molecule has 1 unspecified atom stereocenters. The van der Waals surface area contributed by atoms with Gasteiger partial charge in [0.05, 0.1) is 5.25 Å². The molecular weight excluding hydrogens is 282 g/mol. The predicted molar refractivity (Wildman–Crippen MR) is 71.9 cm³/mol. The van der Waals surface area contributed by atoms with Gasteiger partial charge < -0.3 is 9.47 Å². The fourth-order valence-electron chi connectivity index (χ4n) is 1.63. The minimum absolute atomic E-state index is 0.0794. The summed E-state index contributed by atoms with van der Waals surface area (Å²) >= 11 is 1.00. The smallest absolute Gasteiger partial charge is 0.286 e. The summed E-state index contributed by atoms with van der Waals surface area (Å²) in [5.74, 6) is 1.79. The molecule has 1 aliphatic heterocycles. The molecule has 1 heterocycles. The van der Waals surface area contributed by atoms with Crippen molar-refractivity contribution in [2.45, 2.75) is 11.7 Å². The van der Waals surface area contributed by atoms with E-state index in [2.05, 4.69) is 10.1 Å². The zero-order chi connectivity index (χ0) is 14.4. The number of nitrogens with one attached hydrogen (secondary N) is 1. The largest absolute Gasteiger partial charge is 0.457 e. The first kappa shape index (κ1) is 14.2. The van der Waals surface area contributed by atoms with Gasteiger partial charge in [-0.2, -0.15) is 0 Å². The lowest BCUT2D eigenvalue weighted by Gasteiger charge is -2.07. The summed E-state index contributed by atoms with van der Waals surface area (Å²) in [6.45, 7) is -0.0794. The molecule has 104 valence electrons. The van der Waals surface area contributed by atoms with Gasteiger partial charge in [0, 0.05) is 0 Å². The van der Waals surface area contributed by atoms with E-state index in [0.29, 0.717) is 12.2 Å². The van der Waals surface area contributed by atoms with Crippen molar-refractivity contribution in [3.63, 3.8) is 0 Å². The quantitative estimate of drug-likeness (QED) is 0.368. The first-order chi connectivity index (χ1) is 9.69. The molecule has 1 saturated heterocycles. The maximum atomic E-state index is 11.4. The number of ether oxygens (including phenoxy) is 2. The molecule has 2 amide bonds. The van der Waals surface area contributed by atoms with Gasteiger partial charge in [-0.1, -0.05) is 23.9 Å². The van der Waals surface area contributed by atoms with Gasteiger partial charge in [0.2, 0.25) is 12.7 Å². The van der Waals surface area contributed by atoms with Crippen LogP contribution in [0.3, 0.4) is 0 Å². The molecule has 7 heteroatoms. The molecule has 1 N–H and O–H groups in total. The Morgan fingerprint density at radius 2 is 2.05 bits per heavy atom. The SMILES string of the molecule is O=C=COCOc1ccc(CC2SC(=O)NC2=O)cc1. The molecule has 0 bridgehead atoms. The number of thioether (sulfide) groups is 1. The van der Waals surface area contributed by atoms with Crippen molar-refractivity contribution in [3.05, 3.63) is 36.1 Å². The van der Waals surface area contributed by atoms with Gasteiger partial charge in [-0.25, -0.2) is 4.79 Å². The summed E-state index contributed by atoms with van der Waals surface area (Å²) in [6.07, 6.45) is 1.36. The predicted octanol–water partition coefficient (Wildman–Crippen LogP) is 1.28. The van der Waals surface area contributed by atoms with Crippen molar-refractivity contribution in [3.8, 4) is 5.75 Å². The van der Waals surface area contributed by atoms with Gasteiger partial charge in [0.15, 0.2) is 12.2 Å². The van der Waals surface area contributed by atoms with Crippen molar-refractivity contribution in [1.82, 2.24) is 5.32 Å². The van der Waals surface area contributed by atoms with E-state index in [1.807, 2.05) is 12.1 Å². The highest BCUT2D eigenvalue weighted by Gasteiger charge is 2.31. The molecule has 1 aromatic carbocycles. The van der Waals surface area contributed by atoms with Crippen LogP contribution in [0.2, 0.25) is 0 Å². The van der Waals surface area contributed by atoms with E-state index < -0.39 is 0 Å². The van der Waals surface area contributed by atoms with Gasteiger partial charge >= 0.3 is 0 Å². The molecule has 20 heavy (non-hydrogen) atoms. The molecule has 2 rings (SSSR count). The monoisotopic (exact) mass is 293 g/mol. The Labute approximate surface area is 119 Å². The fraction of sp³-hybridized carbons (Fsp3) is 0.231. The average Bonchev–Trinajstić information content (AvgIpc) is 2.75. The number of amides is 2. The van der Waals surface area contributed by atoms with Crippen LogP contribution < -0.4 is 10.1 Å². The van der Waals surface area contributed by atoms with E-state index in [1.54, 1.807) is 12.1 Å². The van der Waals surface area contributed by atoms with E-state index in [4.69, 9.17) is 4.74 Å². The summed E-state index contributed by atoms with van der Waals surface area (Å²) in [4.78, 5) is 32.3. The molecule has 1 atom stereocenters. The zero-order valence-corrected chi connectivity index (χ0v) is 11.1. The van der Waals surface area contributed by atoms with Crippen molar-refractivity contribution >= 4 is 28.8 Å². The molecule has 0 saturated carbocycles. The van der Waals surface area contributed by atoms with Crippen LogP contribution in [0.1, 0.15) is 5.56 Å². The van der Waals surface area contributed by atoms with Gasteiger partial charge in [-0.3, -0.25) is 14.9 Å². The summed E-state index contributed by atoms with van der Waals surface area (Å²) in [6, 6.07) is 7.06. The second kappa shape index (κ2) is 6.79. The summed E-state index contributed by atoms with van der Waals surface area (Å²) < 4.78 is 9.89. The van der Waals surface area contributed by atoms with E-state index >= 15 is 0 Å². The third-order valence-electron chi connectivity index (χ3n) is 2.54. The second-order valence-electron chi connectivity index (χ2n) is 3.90. The Morgan fingerprint density at radius 3 is 2.65 bits per heavy atom. The number of rotatable bonds is 6.